The molecule has 1 saturated heterocycles. The first-order valence-corrected chi connectivity index (χ1v) is 10.6. The van der Waals surface area contributed by atoms with E-state index >= 15 is 0 Å². The third-order valence-corrected chi connectivity index (χ3v) is 6.76. The molecule has 0 saturated carbocycles. The van der Waals surface area contributed by atoms with Gasteiger partial charge in [0.15, 0.2) is 0 Å². The van der Waals surface area contributed by atoms with Gasteiger partial charge in [-0.3, -0.25) is 0 Å². The van der Waals surface area contributed by atoms with Gasteiger partial charge in [-0.1, -0.05) is 48.9 Å². The first kappa shape index (κ1) is 18.7. The summed E-state index contributed by atoms with van der Waals surface area (Å²) in [6.07, 6.45) is 7.09. The molecule has 0 radical (unpaired) electrons. The summed E-state index contributed by atoms with van der Waals surface area (Å²) in [6.45, 7) is 3.30. The highest BCUT2D eigenvalue weighted by atomic mass is 32.2. The van der Waals surface area contributed by atoms with Gasteiger partial charge in [0, 0.05) is 24.8 Å². The van der Waals surface area contributed by atoms with Crippen LogP contribution in [0.1, 0.15) is 31.7 Å². The van der Waals surface area contributed by atoms with E-state index < -0.39 is 10.0 Å². The first-order valence-electron chi connectivity index (χ1n) is 9.15. The molecule has 0 bridgehead atoms. The van der Waals surface area contributed by atoms with Crippen LogP contribution in [0.15, 0.2) is 65.6 Å². The molecule has 1 heterocycles. The summed E-state index contributed by atoms with van der Waals surface area (Å²) in [7, 11) is -3.40. The minimum absolute atomic E-state index is 0.0784. The zero-order chi connectivity index (χ0) is 18.4. The number of benzene rings is 2. The van der Waals surface area contributed by atoms with Crippen LogP contribution in [0.25, 0.3) is 6.08 Å². The van der Waals surface area contributed by atoms with Gasteiger partial charge in [-0.25, -0.2) is 8.42 Å². The number of anilines is 1. The van der Waals surface area contributed by atoms with E-state index in [1.165, 1.54) is 0 Å². The monoisotopic (exact) mass is 370 g/mol. The average molecular weight is 371 g/mol. The van der Waals surface area contributed by atoms with Crippen LogP contribution in [0.3, 0.4) is 0 Å². The Bertz CT molecular complexity index is 830. The van der Waals surface area contributed by atoms with E-state index in [2.05, 4.69) is 29.6 Å². The normalized spacial score (nSPS) is 18.9. The highest BCUT2D eigenvalue weighted by Gasteiger charge is 2.30. The van der Waals surface area contributed by atoms with Crippen LogP contribution >= 0.6 is 0 Å². The standard InChI is InChI=1S/C21H26N2O2S/c1-18-8-5-6-17-23(18)26(24,25)21-14-12-20(13-15-21)22-16-7-11-19-9-3-2-4-10-19/h2-4,7,9-15,18,22H,5-6,8,16-17H2,1H3/b11-7+. The molecule has 1 aliphatic heterocycles. The second kappa shape index (κ2) is 8.52. The van der Waals surface area contributed by atoms with E-state index in [4.69, 9.17) is 0 Å². The Morgan fingerprint density at radius 3 is 2.50 bits per heavy atom. The van der Waals surface area contributed by atoms with E-state index in [-0.39, 0.29) is 6.04 Å². The van der Waals surface area contributed by atoms with Crippen molar-refractivity contribution in [2.75, 3.05) is 18.4 Å². The van der Waals surface area contributed by atoms with Crippen molar-refractivity contribution in [1.29, 1.82) is 0 Å². The Hall–Kier alpha value is -2.11. The highest BCUT2D eigenvalue weighted by Crippen LogP contribution is 2.25. The van der Waals surface area contributed by atoms with Crippen LogP contribution in [0.5, 0.6) is 0 Å². The molecule has 1 unspecified atom stereocenters. The van der Waals surface area contributed by atoms with Gasteiger partial charge in [0.2, 0.25) is 10.0 Å². The lowest BCUT2D eigenvalue weighted by Gasteiger charge is -2.32. The summed E-state index contributed by atoms with van der Waals surface area (Å²) in [5, 5.41) is 3.29. The van der Waals surface area contributed by atoms with Crippen LogP contribution in [-0.2, 0) is 10.0 Å². The fourth-order valence-corrected chi connectivity index (χ4v) is 4.94. The molecule has 0 spiro atoms. The summed E-state index contributed by atoms with van der Waals surface area (Å²) >= 11 is 0. The predicted molar refractivity (Wildman–Crippen MR) is 108 cm³/mol. The lowest BCUT2D eigenvalue weighted by atomic mass is 10.1. The molecular formula is C21H26N2O2S. The van der Waals surface area contributed by atoms with Crippen LogP contribution < -0.4 is 5.32 Å². The Morgan fingerprint density at radius 1 is 1.08 bits per heavy atom. The van der Waals surface area contributed by atoms with Crippen LogP contribution in [0, 0.1) is 0 Å². The smallest absolute Gasteiger partial charge is 0.243 e. The molecule has 0 aromatic heterocycles. The van der Waals surface area contributed by atoms with Gasteiger partial charge in [0.05, 0.1) is 4.90 Å². The van der Waals surface area contributed by atoms with Gasteiger partial charge >= 0.3 is 0 Å². The Balaban J connectivity index is 1.60. The summed E-state index contributed by atoms with van der Waals surface area (Å²) in [6, 6.07) is 17.3. The second-order valence-corrected chi connectivity index (χ2v) is 8.57. The van der Waals surface area contributed by atoms with Crippen molar-refractivity contribution in [3.05, 3.63) is 66.2 Å². The number of piperidine rings is 1. The van der Waals surface area contributed by atoms with Crippen LogP contribution in [0.4, 0.5) is 5.69 Å². The molecule has 1 N–H and O–H groups in total. The van der Waals surface area contributed by atoms with Crippen molar-refractivity contribution in [3.63, 3.8) is 0 Å². The quantitative estimate of drug-likeness (QED) is 0.821. The van der Waals surface area contributed by atoms with Gasteiger partial charge in [-0.15, -0.1) is 0 Å². The number of hydrogen-bond donors (Lipinski definition) is 1. The molecular weight excluding hydrogens is 344 g/mol. The number of rotatable bonds is 6. The van der Waals surface area contributed by atoms with Crippen molar-refractivity contribution < 1.29 is 8.42 Å². The summed E-state index contributed by atoms with van der Waals surface area (Å²) in [5.41, 5.74) is 2.07. The Labute approximate surface area is 156 Å². The average Bonchev–Trinajstić information content (AvgIpc) is 2.67. The molecule has 3 rings (SSSR count). The molecule has 0 amide bonds. The SMILES string of the molecule is CC1CCCCN1S(=O)(=O)c1ccc(NC/C=C/c2ccccc2)cc1. The number of nitrogens with zero attached hydrogens (tertiary/aromatic N) is 1. The fourth-order valence-electron chi connectivity index (χ4n) is 3.24. The van der Waals surface area contributed by atoms with Crippen molar-refractivity contribution >= 4 is 21.8 Å². The summed E-state index contributed by atoms with van der Waals surface area (Å²) in [5.74, 6) is 0. The third-order valence-electron chi connectivity index (χ3n) is 4.74. The molecule has 2 aromatic rings. The van der Waals surface area contributed by atoms with E-state index in [0.29, 0.717) is 18.0 Å². The van der Waals surface area contributed by atoms with Gasteiger partial charge in [-0.05, 0) is 49.6 Å². The van der Waals surface area contributed by atoms with Crippen molar-refractivity contribution in [2.45, 2.75) is 37.1 Å². The molecule has 5 heteroatoms. The maximum absolute atomic E-state index is 12.8. The number of nitrogens with one attached hydrogen (secondary N) is 1. The number of sulfonamides is 1. The predicted octanol–water partition coefficient (Wildman–Crippen LogP) is 4.38. The Kier molecular flexibility index (Phi) is 6.12. The van der Waals surface area contributed by atoms with E-state index in [1.807, 2.05) is 37.3 Å². The highest BCUT2D eigenvalue weighted by molar-refractivity contribution is 7.89. The molecule has 26 heavy (non-hydrogen) atoms. The minimum Gasteiger partial charge on any atom is -0.382 e. The first-order chi connectivity index (χ1) is 12.6. The molecule has 1 aliphatic rings. The summed E-state index contributed by atoms with van der Waals surface area (Å²) < 4.78 is 27.3. The fraction of sp³-hybridized carbons (Fsp3) is 0.333. The third kappa shape index (κ3) is 4.54. The molecule has 0 aliphatic carbocycles. The molecule has 4 nitrogen and oxygen atoms in total. The van der Waals surface area contributed by atoms with Crippen molar-refractivity contribution in [2.24, 2.45) is 0 Å². The van der Waals surface area contributed by atoms with Gasteiger partial charge in [0.1, 0.15) is 0 Å². The maximum Gasteiger partial charge on any atom is 0.243 e. The van der Waals surface area contributed by atoms with E-state index in [1.54, 1.807) is 16.4 Å². The van der Waals surface area contributed by atoms with E-state index in [9.17, 15) is 8.42 Å². The second-order valence-electron chi connectivity index (χ2n) is 6.68. The minimum atomic E-state index is -3.40. The van der Waals surface area contributed by atoms with E-state index in [0.717, 1.165) is 30.5 Å². The van der Waals surface area contributed by atoms with Crippen molar-refractivity contribution in [3.8, 4) is 0 Å². The van der Waals surface area contributed by atoms with Gasteiger partial charge in [0.25, 0.3) is 0 Å². The lowest BCUT2D eigenvalue weighted by Crippen LogP contribution is -2.41. The van der Waals surface area contributed by atoms with Crippen LogP contribution in [-0.4, -0.2) is 31.9 Å². The zero-order valence-electron chi connectivity index (χ0n) is 15.1. The summed E-state index contributed by atoms with van der Waals surface area (Å²) in [4.78, 5) is 0.372. The van der Waals surface area contributed by atoms with Gasteiger partial charge in [-0.2, -0.15) is 4.31 Å². The molecule has 2 aromatic carbocycles. The number of hydrogen-bond acceptors (Lipinski definition) is 3. The van der Waals surface area contributed by atoms with Crippen LogP contribution in [0.2, 0.25) is 0 Å². The topological polar surface area (TPSA) is 49.4 Å². The lowest BCUT2D eigenvalue weighted by molar-refractivity contribution is 0.268. The molecule has 1 atom stereocenters. The molecule has 1 fully saturated rings. The van der Waals surface area contributed by atoms with Crippen molar-refractivity contribution in [1.82, 2.24) is 4.31 Å². The Morgan fingerprint density at radius 2 is 1.81 bits per heavy atom. The van der Waals surface area contributed by atoms with Gasteiger partial charge < -0.3 is 5.32 Å². The zero-order valence-corrected chi connectivity index (χ0v) is 16.0. The maximum atomic E-state index is 12.8. The molecule has 138 valence electrons. The largest absolute Gasteiger partial charge is 0.382 e.